The topological polar surface area (TPSA) is 134 Å². The number of nitrogens with zero attached hydrogens (tertiary/aromatic N) is 2. The number of aromatic nitrogens is 2. The molecule has 2 heterocycles. The highest BCUT2D eigenvalue weighted by atomic mass is 16.7. The van der Waals surface area contributed by atoms with Crippen molar-refractivity contribution in [1.82, 2.24) is 9.78 Å². The average molecular weight is 510 g/mol. The number of benzene rings is 3. The molecule has 5 rings (SSSR count). The number of carbonyl (C=O) groups is 2. The lowest BCUT2D eigenvalue weighted by molar-refractivity contribution is 0.0992. The van der Waals surface area contributed by atoms with Crippen molar-refractivity contribution in [2.45, 2.75) is 20.3 Å². The second-order valence-corrected chi connectivity index (χ2v) is 8.88. The number of hydrogen-bond acceptors (Lipinski definition) is 6. The minimum atomic E-state index is -0.635. The van der Waals surface area contributed by atoms with Crippen LogP contribution in [0.1, 0.15) is 44.5 Å². The van der Waals surface area contributed by atoms with Gasteiger partial charge in [0, 0.05) is 34.1 Å². The fourth-order valence-corrected chi connectivity index (χ4v) is 4.56. The lowest BCUT2D eigenvalue weighted by Gasteiger charge is -2.15. The van der Waals surface area contributed by atoms with E-state index in [0.717, 1.165) is 16.7 Å². The number of fused-ring (bicyclic) bond motifs is 1. The zero-order valence-electron chi connectivity index (χ0n) is 21.1. The van der Waals surface area contributed by atoms with Crippen LogP contribution in [0.2, 0.25) is 0 Å². The van der Waals surface area contributed by atoms with Gasteiger partial charge in [-0.25, -0.2) is 4.68 Å². The van der Waals surface area contributed by atoms with Crippen molar-refractivity contribution in [2.75, 3.05) is 17.8 Å². The Morgan fingerprint density at radius 2 is 1.89 bits per heavy atom. The van der Waals surface area contributed by atoms with Gasteiger partial charge in [-0.15, -0.1) is 0 Å². The van der Waals surface area contributed by atoms with E-state index in [1.165, 1.54) is 0 Å². The molecule has 1 aliphatic heterocycles. The van der Waals surface area contributed by atoms with Gasteiger partial charge in [-0.2, -0.15) is 5.10 Å². The molecule has 0 bridgehead atoms. The highest BCUT2D eigenvalue weighted by Crippen LogP contribution is 2.38. The first-order valence-corrected chi connectivity index (χ1v) is 12.1. The summed E-state index contributed by atoms with van der Waals surface area (Å²) in [5.41, 5.74) is 17.6. The van der Waals surface area contributed by atoms with Crippen LogP contribution in [0.25, 0.3) is 23.0 Å². The molecule has 192 valence electrons. The largest absolute Gasteiger partial charge is 0.454 e. The van der Waals surface area contributed by atoms with Crippen LogP contribution in [0.3, 0.4) is 0 Å². The summed E-state index contributed by atoms with van der Waals surface area (Å²) < 4.78 is 12.7. The Bertz CT molecular complexity index is 1600. The molecule has 2 amide bonds. The molecule has 4 aromatic rings. The van der Waals surface area contributed by atoms with Crippen molar-refractivity contribution >= 4 is 29.3 Å². The molecule has 9 nitrogen and oxygen atoms in total. The SMILES string of the molecule is C=Cc1ccc(NC(=O)c2cc(N)ccc2C)cc1-c1c(CC)c(C(N)=O)nn1-c1ccc2c(c1)OCO2. The van der Waals surface area contributed by atoms with Crippen LogP contribution in [0.15, 0.2) is 61.2 Å². The van der Waals surface area contributed by atoms with Crippen LogP contribution in [0.5, 0.6) is 11.5 Å². The van der Waals surface area contributed by atoms with Crippen LogP contribution in [-0.4, -0.2) is 28.4 Å². The monoisotopic (exact) mass is 509 g/mol. The van der Waals surface area contributed by atoms with Gasteiger partial charge in [0.2, 0.25) is 6.79 Å². The Labute approximate surface area is 219 Å². The summed E-state index contributed by atoms with van der Waals surface area (Å²) in [6, 6.07) is 16.1. The second-order valence-electron chi connectivity index (χ2n) is 8.88. The molecule has 0 saturated carbocycles. The normalized spacial score (nSPS) is 11.8. The molecule has 3 aromatic carbocycles. The molecule has 1 aromatic heterocycles. The molecule has 0 fully saturated rings. The van der Waals surface area contributed by atoms with E-state index in [2.05, 4.69) is 17.0 Å². The third-order valence-electron chi connectivity index (χ3n) is 6.46. The number of rotatable bonds is 7. The zero-order chi connectivity index (χ0) is 27.0. The van der Waals surface area contributed by atoms with Crippen LogP contribution < -0.4 is 26.3 Å². The molecule has 1 aliphatic rings. The van der Waals surface area contributed by atoms with Gasteiger partial charge in [0.15, 0.2) is 17.2 Å². The van der Waals surface area contributed by atoms with Gasteiger partial charge in [-0.05, 0) is 60.9 Å². The summed E-state index contributed by atoms with van der Waals surface area (Å²) in [5, 5.41) is 7.56. The Balaban J connectivity index is 1.66. The molecular weight excluding hydrogens is 482 g/mol. The Morgan fingerprint density at radius 1 is 1.11 bits per heavy atom. The minimum Gasteiger partial charge on any atom is -0.454 e. The van der Waals surface area contributed by atoms with Gasteiger partial charge < -0.3 is 26.3 Å². The first-order chi connectivity index (χ1) is 18.3. The predicted molar refractivity (Wildman–Crippen MR) is 147 cm³/mol. The van der Waals surface area contributed by atoms with E-state index in [1.54, 1.807) is 47.2 Å². The summed E-state index contributed by atoms with van der Waals surface area (Å²) >= 11 is 0. The van der Waals surface area contributed by atoms with Gasteiger partial charge in [-0.1, -0.05) is 31.7 Å². The third kappa shape index (κ3) is 4.34. The Morgan fingerprint density at radius 3 is 2.63 bits per heavy atom. The number of amides is 2. The lowest BCUT2D eigenvalue weighted by Crippen LogP contribution is -2.14. The van der Waals surface area contributed by atoms with E-state index in [4.69, 9.17) is 20.9 Å². The molecule has 0 aliphatic carbocycles. The number of nitrogens with one attached hydrogen (secondary N) is 1. The smallest absolute Gasteiger partial charge is 0.269 e. The number of anilines is 2. The highest BCUT2D eigenvalue weighted by molar-refractivity contribution is 6.06. The number of ether oxygens (including phenoxy) is 2. The number of nitrogens with two attached hydrogens (primary N) is 2. The number of carbonyl (C=O) groups excluding carboxylic acids is 2. The van der Waals surface area contributed by atoms with Gasteiger partial charge in [-0.3, -0.25) is 9.59 Å². The fourth-order valence-electron chi connectivity index (χ4n) is 4.56. The number of aryl methyl sites for hydroxylation is 1. The first kappa shape index (κ1) is 24.6. The van der Waals surface area contributed by atoms with E-state index < -0.39 is 5.91 Å². The number of primary amides is 1. The second kappa shape index (κ2) is 9.78. The molecule has 0 saturated heterocycles. The highest BCUT2D eigenvalue weighted by Gasteiger charge is 2.25. The fraction of sp³-hybridized carbons (Fsp3) is 0.138. The maximum atomic E-state index is 13.1. The molecule has 0 unspecified atom stereocenters. The minimum absolute atomic E-state index is 0.131. The predicted octanol–water partition coefficient (Wildman–Crippen LogP) is 4.72. The van der Waals surface area contributed by atoms with E-state index in [9.17, 15) is 9.59 Å². The molecule has 0 atom stereocenters. The van der Waals surface area contributed by atoms with Crippen molar-refractivity contribution in [3.63, 3.8) is 0 Å². The molecule has 5 N–H and O–H groups in total. The summed E-state index contributed by atoms with van der Waals surface area (Å²) in [5.74, 6) is 0.279. The standard InChI is InChI=1S/C29H27N5O4/c1-4-17-7-9-19(32-29(36)22-12-18(30)8-6-16(22)3)13-23(17)27-21(5-2)26(28(31)35)33-34(27)20-10-11-24-25(14-20)38-15-37-24/h4,6-14H,1,5,15,30H2,2-3H3,(H2,31,35)(H,32,36). The Kier molecular flexibility index (Phi) is 6.34. The summed E-state index contributed by atoms with van der Waals surface area (Å²) in [6.07, 6.45) is 2.21. The summed E-state index contributed by atoms with van der Waals surface area (Å²) in [4.78, 5) is 25.5. The molecule has 9 heteroatoms. The van der Waals surface area contributed by atoms with Crippen molar-refractivity contribution in [1.29, 1.82) is 0 Å². The van der Waals surface area contributed by atoms with Crippen molar-refractivity contribution in [3.05, 3.63) is 89.1 Å². The quantitative estimate of drug-likeness (QED) is 0.309. The Hall–Kier alpha value is -5.05. The van der Waals surface area contributed by atoms with E-state index in [0.29, 0.717) is 51.8 Å². The maximum absolute atomic E-state index is 13.1. The van der Waals surface area contributed by atoms with E-state index >= 15 is 0 Å². The van der Waals surface area contributed by atoms with Crippen LogP contribution >= 0.6 is 0 Å². The number of nitrogen functional groups attached to an aromatic ring is 1. The van der Waals surface area contributed by atoms with Gasteiger partial charge in [0.25, 0.3) is 11.8 Å². The van der Waals surface area contributed by atoms with Crippen LogP contribution in [-0.2, 0) is 6.42 Å². The molecule has 38 heavy (non-hydrogen) atoms. The van der Waals surface area contributed by atoms with Crippen LogP contribution in [0, 0.1) is 6.92 Å². The van der Waals surface area contributed by atoms with Gasteiger partial charge >= 0.3 is 0 Å². The van der Waals surface area contributed by atoms with Crippen LogP contribution in [0.4, 0.5) is 11.4 Å². The van der Waals surface area contributed by atoms with Gasteiger partial charge in [0.05, 0.1) is 11.4 Å². The molecule has 0 spiro atoms. The van der Waals surface area contributed by atoms with Crippen molar-refractivity contribution in [3.8, 4) is 28.4 Å². The first-order valence-electron chi connectivity index (χ1n) is 12.1. The molecule has 0 radical (unpaired) electrons. The zero-order valence-corrected chi connectivity index (χ0v) is 21.1. The summed E-state index contributed by atoms with van der Waals surface area (Å²) in [7, 11) is 0. The number of hydrogen-bond donors (Lipinski definition) is 3. The third-order valence-corrected chi connectivity index (χ3v) is 6.46. The molecular formula is C29H27N5O4. The maximum Gasteiger partial charge on any atom is 0.269 e. The summed E-state index contributed by atoms with van der Waals surface area (Å²) in [6.45, 7) is 7.88. The van der Waals surface area contributed by atoms with Crippen molar-refractivity contribution < 1.29 is 19.1 Å². The van der Waals surface area contributed by atoms with E-state index in [-0.39, 0.29) is 18.4 Å². The van der Waals surface area contributed by atoms with E-state index in [1.807, 2.05) is 32.0 Å². The van der Waals surface area contributed by atoms with Gasteiger partial charge in [0.1, 0.15) is 0 Å². The average Bonchev–Trinajstić information content (AvgIpc) is 3.54. The lowest BCUT2D eigenvalue weighted by atomic mass is 9.97. The van der Waals surface area contributed by atoms with Crippen molar-refractivity contribution in [2.24, 2.45) is 5.73 Å².